The summed E-state index contributed by atoms with van der Waals surface area (Å²) in [5.74, 6) is 0.570. The normalized spacial score (nSPS) is 17.4. The minimum Gasteiger partial charge on any atom is -0.322 e. The third-order valence-corrected chi connectivity index (χ3v) is 7.94. The summed E-state index contributed by atoms with van der Waals surface area (Å²) in [7, 11) is -3.34. The number of rotatable bonds is 4. The average molecular weight is 470 g/mol. The SMILES string of the molecule is O=C(Nc1ccc(F)c(-c2nnc3n2CCCCC3)c1)c1cccc(N2CCCS2(=O)=O)c1. The maximum Gasteiger partial charge on any atom is 0.255 e. The van der Waals surface area contributed by atoms with E-state index >= 15 is 0 Å². The fourth-order valence-electron chi connectivity index (χ4n) is 4.39. The first-order chi connectivity index (χ1) is 15.9. The molecule has 0 unspecified atom stereocenters. The Morgan fingerprint density at radius 3 is 2.70 bits per heavy atom. The molecule has 0 radical (unpaired) electrons. The number of halogens is 1. The Balaban J connectivity index is 1.40. The molecule has 0 bridgehead atoms. The lowest BCUT2D eigenvalue weighted by atomic mass is 10.1. The topological polar surface area (TPSA) is 97.2 Å². The minimum absolute atomic E-state index is 0.105. The molecule has 0 saturated carbocycles. The lowest BCUT2D eigenvalue weighted by molar-refractivity contribution is 0.102. The van der Waals surface area contributed by atoms with E-state index in [0.29, 0.717) is 35.7 Å². The standard InChI is InChI=1S/C23H24FN5O3S/c24-20-10-9-17(15-19(20)22-27-26-21-8-2-1-3-11-28(21)22)25-23(30)16-6-4-7-18(14-16)29-12-5-13-33(29,31)32/h4,6-7,9-10,14-15H,1-3,5,8,11-13H2,(H,25,30). The van der Waals surface area contributed by atoms with Crippen molar-refractivity contribution in [3.8, 4) is 11.4 Å². The molecule has 1 N–H and O–H groups in total. The molecule has 5 rings (SSSR count). The van der Waals surface area contributed by atoms with Gasteiger partial charge < -0.3 is 9.88 Å². The van der Waals surface area contributed by atoms with E-state index in [4.69, 9.17) is 0 Å². The number of carbonyl (C=O) groups excluding carboxylic acids is 1. The van der Waals surface area contributed by atoms with Crippen LogP contribution in [0.4, 0.5) is 15.8 Å². The van der Waals surface area contributed by atoms with Crippen LogP contribution < -0.4 is 9.62 Å². The van der Waals surface area contributed by atoms with Gasteiger partial charge in [0.25, 0.3) is 5.91 Å². The molecular weight excluding hydrogens is 445 g/mol. The molecule has 3 heterocycles. The van der Waals surface area contributed by atoms with Gasteiger partial charge in [-0.3, -0.25) is 9.10 Å². The molecule has 0 atom stereocenters. The highest BCUT2D eigenvalue weighted by molar-refractivity contribution is 7.93. The van der Waals surface area contributed by atoms with Crippen molar-refractivity contribution < 1.29 is 17.6 Å². The molecule has 2 aliphatic rings. The Bertz CT molecular complexity index is 1320. The van der Waals surface area contributed by atoms with Crippen LogP contribution in [0.1, 0.15) is 41.9 Å². The van der Waals surface area contributed by atoms with Gasteiger partial charge in [0.2, 0.25) is 10.0 Å². The molecule has 1 fully saturated rings. The van der Waals surface area contributed by atoms with Gasteiger partial charge >= 0.3 is 0 Å². The van der Waals surface area contributed by atoms with Gasteiger partial charge in [0, 0.05) is 30.8 Å². The summed E-state index contributed by atoms with van der Waals surface area (Å²) in [4.78, 5) is 12.9. The van der Waals surface area contributed by atoms with Crippen LogP contribution in [0.15, 0.2) is 42.5 Å². The van der Waals surface area contributed by atoms with Crippen LogP contribution in [0, 0.1) is 5.82 Å². The van der Waals surface area contributed by atoms with E-state index < -0.39 is 21.7 Å². The molecule has 33 heavy (non-hydrogen) atoms. The van der Waals surface area contributed by atoms with Gasteiger partial charge in [-0.1, -0.05) is 12.5 Å². The number of fused-ring (bicyclic) bond motifs is 1. The smallest absolute Gasteiger partial charge is 0.255 e. The van der Waals surface area contributed by atoms with Crippen LogP contribution in [0.5, 0.6) is 0 Å². The Morgan fingerprint density at radius 1 is 1.00 bits per heavy atom. The van der Waals surface area contributed by atoms with E-state index in [0.717, 1.165) is 38.1 Å². The van der Waals surface area contributed by atoms with Crippen molar-refractivity contribution in [2.45, 2.75) is 38.6 Å². The highest BCUT2D eigenvalue weighted by Crippen LogP contribution is 2.29. The summed E-state index contributed by atoms with van der Waals surface area (Å²) in [5.41, 5.74) is 1.48. The van der Waals surface area contributed by atoms with Crippen molar-refractivity contribution in [2.24, 2.45) is 0 Å². The van der Waals surface area contributed by atoms with Crippen LogP contribution in [0.2, 0.25) is 0 Å². The minimum atomic E-state index is -3.34. The zero-order chi connectivity index (χ0) is 23.0. The van der Waals surface area contributed by atoms with E-state index in [1.165, 1.54) is 16.4 Å². The molecule has 10 heteroatoms. The summed E-state index contributed by atoms with van der Waals surface area (Å²) < 4.78 is 42.4. The van der Waals surface area contributed by atoms with Crippen molar-refractivity contribution in [3.05, 3.63) is 59.7 Å². The number of hydrogen-bond acceptors (Lipinski definition) is 5. The summed E-state index contributed by atoms with van der Waals surface area (Å²) in [5, 5.41) is 11.2. The molecular formula is C23H24FN5O3S. The Hall–Kier alpha value is -3.27. The zero-order valence-corrected chi connectivity index (χ0v) is 18.8. The van der Waals surface area contributed by atoms with Crippen LogP contribution >= 0.6 is 0 Å². The highest BCUT2D eigenvalue weighted by Gasteiger charge is 2.28. The van der Waals surface area contributed by atoms with Crippen LogP contribution in [-0.2, 0) is 23.0 Å². The quantitative estimate of drug-likeness (QED) is 0.630. The number of amides is 1. The maximum absolute atomic E-state index is 14.7. The van der Waals surface area contributed by atoms with Gasteiger partial charge in [-0.15, -0.1) is 10.2 Å². The molecule has 1 saturated heterocycles. The molecule has 2 aromatic carbocycles. The fraction of sp³-hybridized carbons (Fsp3) is 0.348. The number of nitrogens with zero attached hydrogens (tertiary/aromatic N) is 4. The number of carbonyl (C=O) groups is 1. The van der Waals surface area contributed by atoms with Gasteiger partial charge in [-0.2, -0.15) is 0 Å². The number of aromatic nitrogens is 3. The first-order valence-corrected chi connectivity index (χ1v) is 12.7. The van der Waals surface area contributed by atoms with Gasteiger partial charge in [-0.05, 0) is 55.7 Å². The monoisotopic (exact) mass is 469 g/mol. The summed E-state index contributed by atoms with van der Waals surface area (Å²) in [6, 6.07) is 10.9. The van der Waals surface area contributed by atoms with E-state index in [1.54, 1.807) is 30.3 Å². The lowest BCUT2D eigenvalue weighted by Crippen LogP contribution is -2.25. The number of benzene rings is 2. The summed E-state index contributed by atoms with van der Waals surface area (Å²) in [6.45, 7) is 1.14. The third-order valence-electron chi connectivity index (χ3n) is 6.07. The Morgan fingerprint density at radius 2 is 1.88 bits per heavy atom. The predicted octanol–water partition coefficient (Wildman–Crippen LogP) is 3.60. The second kappa shape index (κ2) is 8.58. The first-order valence-electron chi connectivity index (χ1n) is 11.1. The molecule has 1 aromatic heterocycles. The Labute approximate surface area is 191 Å². The van der Waals surface area contributed by atoms with Crippen LogP contribution in [0.3, 0.4) is 0 Å². The average Bonchev–Trinajstić information content (AvgIpc) is 3.28. The van der Waals surface area contributed by atoms with Crippen LogP contribution in [-0.4, -0.2) is 41.4 Å². The first kappa shape index (κ1) is 21.6. The number of aryl methyl sites for hydroxylation is 1. The fourth-order valence-corrected chi connectivity index (χ4v) is 5.95. The largest absolute Gasteiger partial charge is 0.322 e. The van der Waals surface area contributed by atoms with Gasteiger partial charge in [0.15, 0.2) is 5.82 Å². The molecule has 0 spiro atoms. The lowest BCUT2D eigenvalue weighted by Gasteiger charge is -2.17. The molecule has 8 nitrogen and oxygen atoms in total. The van der Waals surface area contributed by atoms with Gasteiger partial charge in [0.1, 0.15) is 11.6 Å². The number of nitrogens with one attached hydrogen (secondary N) is 1. The number of hydrogen-bond donors (Lipinski definition) is 1. The second-order valence-corrected chi connectivity index (χ2v) is 10.4. The second-order valence-electron chi connectivity index (χ2n) is 8.34. The summed E-state index contributed by atoms with van der Waals surface area (Å²) >= 11 is 0. The predicted molar refractivity (Wildman–Crippen MR) is 123 cm³/mol. The van der Waals surface area contributed by atoms with E-state index in [2.05, 4.69) is 15.5 Å². The number of sulfonamides is 1. The van der Waals surface area contributed by atoms with E-state index in [-0.39, 0.29) is 11.3 Å². The maximum atomic E-state index is 14.7. The van der Waals surface area contributed by atoms with E-state index in [9.17, 15) is 17.6 Å². The highest BCUT2D eigenvalue weighted by atomic mass is 32.2. The van der Waals surface area contributed by atoms with Crippen molar-refractivity contribution in [3.63, 3.8) is 0 Å². The van der Waals surface area contributed by atoms with Crippen LogP contribution in [0.25, 0.3) is 11.4 Å². The van der Waals surface area contributed by atoms with Gasteiger partial charge in [-0.25, -0.2) is 12.8 Å². The van der Waals surface area contributed by atoms with Crippen molar-refractivity contribution in [1.29, 1.82) is 0 Å². The summed E-state index contributed by atoms with van der Waals surface area (Å²) in [6.07, 6.45) is 4.49. The van der Waals surface area contributed by atoms with Crippen molar-refractivity contribution in [2.75, 3.05) is 21.9 Å². The molecule has 2 aliphatic heterocycles. The molecule has 0 aliphatic carbocycles. The molecule has 3 aromatic rings. The third kappa shape index (κ3) is 4.22. The van der Waals surface area contributed by atoms with Crippen molar-refractivity contribution >= 4 is 27.3 Å². The van der Waals surface area contributed by atoms with E-state index in [1.807, 2.05) is 4.57 Å². The molecule has 172 valence electrons. The number of anilines is 2. The zero-order valence-electron chi connectivity index (χ0n) is 18.0. The van der Waals surface area contributed by atoms with Crippen molar-refractivity contribution in [1.82, 2.24) is 14.8 Å². The Kier molecular flexibility index (Phi) is 5.61. The molecule has 1 amide bonds. The van der Waals surface area contributed by atoms with Gasteiger partial charge in [0.05, 0.1) is 17.0 Å².